The quantitative estimate of drug-likeness (QED) is 0.451. The van der Waals surface area contributed by atoms with Crippen LogP contribution in [0.1, 0.15) is 0 Å². The Morgan fingerprint density at radius 2 is 1.78 bits per heavy atom. The highest BCUT2D eigenvalue weighted by Crippen LogP contribution is 2.32. The average molecular weight is 322 g/mol. The van der Waals surface area contributed by atoms with Gasteiger partial charge in [0.1, 0.15) is 10.0 Å². The Labute approximate surface area is 134 Å². The van der Waals surface area contributed by atoms with E-state index in [1.165, 1.54) is 23.5 Å². The van der Waals surface area contributed by atoms with Crippen LogP contribution in [0.2, 0.25) is 0 Å². The van der Waals surface area contributed by atoms with Crippen molar-refractivity contribution in [2.45, 2.75) is 0 Å². The molecule has 1 N–H and O–H groups in total. The molecule has 0 atom stereocenters. The predicted molar refractivity (Wildman–Crippen MR) is 89.3 cm³/mol. The molecule has 23 heavy (non-hydrogen) atoms. The third kappa shape index (κ3) is 2.47. The van der Waals surface area contributed by atoms with E-state index in [0.29, 0.717) is 10.6 Å². The van der Waals surface area contributed by atoms with Gasteiger partial charge in [-0.05, 0) is 24.3 Å². The summed E-state index contributed by atoms with van der Waals surface area (Å²) < 4.78 is 0. The van der Waals surface area contributed by atoms with Crippen molar-refractivity contribution in [2.24, 2.45) is 0 Å². The van der Waals surface area contributed by atoms with Crippen molar-refractivity contribution in [3.8, 4) is 21.1 Å². The van der Waals surface area contributed by atoms with E-state index >= 15 is 0 Å². The second-order valence-electron chi connectivity index (χ2n) is 5.00. The van der Waals surface area contributed by atoms with Crippen LogP contribution in [-0.4, -0.2) is 20.1 Å². The van der Waals surface area contributed by atoms with Gasteiger partial charge in [0.15, 0.2) is 0 Å². The Morgan fingerprint density at radius 3 is 2.57 bits per heavy atom. The SMILES string of the molecule is O=[N+]([O-])c1cccc(-c2nnc(-c3ccc4[nH]ccc4c3)s2)c1. The van der Waals surface area contributed by atoms with Gasteiger partial charge in [-0.1, -0.05) is 23.5 Å². The first-order valence-corrected chi connectivity index (χ1v) is 7.68. The Morgan fingerprint density at radius 1 is 1.00 bits per heavy atom. The normalized spacial score (nSPS) is 11.0. The van der Waals surface area contributed by atoms with Crippen LogP contribution in [-0.2, 0) is 0 Å². The third-order valence-electron chi connectivity index (χ3n) is 3.53. The van der Waals surface area contributed by atoms with Crippen molar-refractivity contribution in [3.63, 3.8) is 0 Å². The van der Waals surface area contributed by atoms with Crippen LogP contribution in [0.15, 0.2) is 54.7 Å². The zero-order valence-electron chi connectivity index (χ0n) is 11.8. The summed E-state index contributed by atoms with van der Waals surface area (Å²) in [4.78, 5) is 13.6. The lowest BCUT2D eigenvalue weighted by atomic mass is 10.2. The fourth-order valence-corrected chi connectivity index (χ4v) is 3.23. The number of nitrogens with one attached hydrogen (secondary N) is 1. The summed E-state index contributed by atoms with van der Waals surface area (Å²) in [6, 6.07) is 14.5. The molecule has 0 aliphatic rings. The number of fused-ring (bicyclic) bond motifs is 1. The van der Waals surface area contributed by atoms with Crippen LogP contribution in [0.25, 0.3) is 32.0 Å². The molecule has 2 aromatic carbocycles. The number of non-ortho nitro benzene ring substituents is 1. The molecule has 0 radical (unpaired) electrons. The maximum absolute atomic E-state index is 10.9. The van der Waals surface area contributed by atoms with Crippen LogP contribution in [0, 0.1) is 10.1 Å². The largest absolute Gasteiger partial charge is 0.361 e. The molecule has 6 nitrogen and oxygen atoms in total. The first kappa shape index (κ1) is 13.6. The summed E-state index contributed by atoms with van der Waals surface area (Å²) in [5.41, 5.74) is 2.79. The highest BCUT2D eigenvalue weighted by Gasteiger charge is 2.12. The summed E-state index contributed by atoms with van der Waals surface area (Å²) in [6.07, 6.45) is 1.89. The number of aromatic nitrogens is 3. The van der Waals surface area contributed by atoms with Gasteiger partial charge in [-0.15, -0.1) is 10.2 Å². The van der Waals surface area contributed by atoms with Crippen molar-refractivity contribution in [1.29, 1.82) is 0 Å². The maximum atomic E-state index is 10.9. The highest BCUT2D eigenvalue weighted by atomic mass is 32.1. The number of nitrogens with zero attached hydrogens (tertiary/aromatic N) is 3. The second kappa shape index (κ2) is 5.29. The molecule has 4 rings (SSSR count). The molecule has 0 bridgehead atoms. The van der Waals surface area contributed by atoms with E-state index in [9.17, 15) is 10.1 Å². The first-order valence-electron chi connectivity index (χ1n) is 6.86. The van der Waals surface area contributed by atoms with E-state index in [-0.39, 0.29) is 5.69 Å². The molecule has 0 amide bonds. The van der Waals surface area contributed by atoms with E-state index in [1.54, 1.807) is 12.1 Å². The molecule has 112 valence electrons. The van der Waals surface area contributed by atoms with E-state index in [1.807, 2.05) is 30.5 Å². The van der Waals surface area contributed by atoms with Gasteiger partial charge in [-0.2, -0.15) is 0 Å². The predicted octanol–water partition coefficient (Wildman–Crippen LogP) is 4.26. The Kier molecular flexibility index (Phi) is 3.13. The van der Waals surface area contributed by atoms with E-state index < -0.39 is 4.92 Å². The molecule has 0 unspecified atom stereocenters. The number of H-pyrrole nitrogens is 1. The van der Waals surface area contributed by atoms with Gasteiger partial charge < -0.3 is 4.98 Å². The lowest BCUT2D eigenvalue weighted by molar-refractivity contribution is -0.384. The van der Waals surface area contributed by atoms with Gasteiger partial charge in [0.05, 0.1) is 4.92 Å². The molecule has 0 saturated heterocycles. The summed E-state index contributed by atoms with van der Waals surface area (Å²) in [6.45, 7) is 0. The first-order chi connectivity index (χ1) is 11.2. The minimum Gasteiger partial charge on any atom is -0.361 e. The fraction of sp³-hybridized carbons (Fsp3) is 0. The summed E-state index contributed by atoms with van der Waals surface area (Å²) in [5, 5.41) is 21.8. The van der Waals surface area contributed by atoms with Crippen molar-refractivity contribution in [1.82, 2.24) is 15.2 Å². The highest BCUT2D eigenvalue weighted by molar-refractivity contribution is 7.17. The molecule has 0 spiro atoms. The van der Waals surface area contributed by atoms with Crippen molar-refractivity contribution in [2.75, 3.05) is 0 Å². The number of benzene rings is 2. The number of hydrogen-bond acceptors (Lipinski definition) is 5. The van der Waals surface area contributed by atoms with Crippen LogP contribution < -0.4 is 0 Å². The third-order valence-corrected chi connectivity index (χ3v) is 4.55. The van der Waals surface area contributed by atoms with Gasteiger partial charge in [0.25, 0.3) is 5.69 Å². The van der Waals surface area contributed by atoms with Gasteiger partial charge in [-0.25, -0.2) is 0 Å². The number of aromatic amines is 1. The van der Waals surface area contributed by atoms with Gasteiger partial charge >= 0.3 is 0 Å². The van der Waals surface area contributed by atoms with Crippen molar-refractivity contribution >= 4 is 27.9 Å². The Balaban J connectivity index is 1.73. The topological polar surface area (TPSA) is 84.7 Å². The van der Waals surface area contributed by atoms with E-state index in [4.69, 9.17) is 0 Å². The molecular weight excluding hydrogens is 312 g/mol. The minimum atomic E-state index is -0.411. The average Bonchev–Trinajstić information content (AvgIpc) is 3.23. The fourth-order valence-electron chi connectivity index (χ4n) is 2.40. The van der Waals surface area contributed by atoms with Crippen LogP contribution in [0.5, 0.6) is 0 Å². The Bertz CT molecular complexity index is 1020. The molecule has 2 aromatic heterocycles. The molecule has 4 aromatic rings. The van der Waals surface area contributed by atoms with Crippen LogP contribution in [0.3, 0.4) is 0 Å². The van der Waals surface area contributed by atoms with E-state index in [2.05, 4.69) is 15.2 Å². The number of rotatable bonds is 3. The summed E-state index contributed by atoms with van der Waals surface area (Å²) in [7, 11) is 0. The summed E-state index contributed by atoms with van der Waals surface area (Å²) in [5.74, 6) is 0. The molecule has 2 heterocycles. The smallest absolute Gasteiger partial charge is 0.270 e. The monoisotopic (exact) mass is 322 g/mol. The zero-order valence-corrected chi connectivity index (χ0v) is 12.6. The lowest BCUT2D eigenvalue weighted by Gasteiger charge is -1.96. The van der Waals surface area contributed by atoms with Gasteiger partial charge in [0, 0.05) is 40.4 Å². The zero-order chi connectivity index (χ0) is 15.8. The minimum absolute atomic E-state index is 0.0491. The maximum Gasteiger partial charge on any atom is 0.270 e. The molecule has 0 saturated carbocycles. The van der Waals surface area contributed by atoms with Gasteiger partial charge in [0.2, 0.25) is 0 Å². The lowest BCUT2D eigenvalue weighted by Crippen LogP contribution is -1.87. The standard InChI is InChI=1S/C16H10N4O2S/c21-20(22)13-3-1-2-11(9-13)15-18-19-16(23-15)12-4-5-14-10(8-12)6-7-17-14/h1-9,17H. The molecule has 0 fully saturated rings. The number of nitro benzene ring substituents is 1. The second-order valence-corrected chi connectivity index (χ2v) is 5.98. The molecule has 0 aliphatic carbocycles. The molecule has 7 heteroatoms. The van der Waals surface area contributed by atoms with Crippen molar-refractivity contribution < 1.29 is 4.92 Å². The summed E-state index contributed by atoms with van der Waals surface area (Å²) >= 11 is 1.42. The molecule has 0 aliphatic heterocycles. The van der Waals surface area contributed by atoms with E-state index in [0.717, 1.165) is 21.5 Å². The number of hydrogen-bond donors (Lipinski definition) is 1. The molecular formula is C16H10N4O2S. The van der Waals surface area contributed by atoms with Crippen molar-refractivity contribution in [3.05, 3.63) is 64.8 Å². The van der Waals surface area contributed by atoms with Gasteiger partial charge in [-0.3, -0.25) is 10.1 Å². The van der Waals surface area contributed by atoms with Crippen LogP contribution >= 0.6 is 11.3 Å². The van der Waals surface area contributed by atoms with Crippen LogP contribution in [0.4, 0.5) is 5.69 Å². The Hall–Kier alpha value is -3.06. The number of nitro groups is 1.